The first-order valence-corrected chi connectivity index (χ1v) is 4.77. The smallest absolute Gasteiger partial charge is 0.222 e. The lowest BCUT2D eigenvalue weighted by molar-refractivity contribution is 0.684. The van der Waals surface area contributed by atoms with Crippen molar-refractivity contribution in [2.45, 2.75) is 9.73 Å². The molecule has 0 bridgehead atoms. The first-order chi connectivity index (χ1) is 5.68. The number of hydrogen-bond acceptors (Lipinski definition) is 5. The minimum atomic E-state index is -1.28. The fourth-order valence-electron chi connectivity index (χ4n) is 0.908. The summed E-state index contributed by atoms with van der Waals surface area (Å²) in [6.45, 7) is 0. The Morgan fingerprint density at radius 3 is 3.25 bits per heavy atom. The van der Waals surface area contributed by atoms with E-state index in [1.54, 1.807) is 0 Å². The van der Waals surface area contributed by atoms with Gasteiger partial charge in [-0.2, -0.15) is 4.98 Å². The van der Waals surface area contributed by atoms with E-state index in [0.29, 0.717) is 10.7 Å². The number of rotatable bonds is 0. The van der Waals surface area contributed by atoms with Crippen LogP contribution < -0.4 is 11.1 Å². The molecule has 0 saturated heterocycles. The fraction of sp³-hybridized carbons (Fsp3) is 0.200. The third-order valence-corrected chi connectivity index (χ3v) is 3.25. The van der Waals surface area contributed by atoms with Gasteiger partial charge in [0.2, 0.25) is 5.95 Å². The van der Waals surface area contributed by atoms with E-state index in [4.69, 9.17) is 17.3 Å². The zero-order chi connectivity index (χ0) is 8.72. The lowest BCUT2D eigenvalue weighted by Crippen LogP contribution is -2.08. The molecule has 0 aromatic carbocycles. The molecule has 1 aliphatic rings. The van der Waals surface area contributed by atoms with Gasteiger partial charge >= 0.3 is 0 Å². The van der Waals surface area contributed by atoms with E-state index >= 15 is 0 Å². The summed E-state index contributed by atoms with van der Waals surface area (Å²) < 4.78 is 11.3. The van der Waals surface area contributed by atoms with Crippen LogP contribution in [0.25, 0.3) is 0 Å². The van der Waals surface area contributed by atoms with Gasteiger partial charge in [-0.15, -0.1) is 0 Å². The van der Waals surface area contributed by atoms with Crippen molar-refractivity contribution in [3.8, 4) is 0 Å². The zero-order valence-corrected chi connectivity index (χ0v) is 7.39. The van der Waals surface area contributed by atoms with Gasteiger partial charge in [-0.1, -0.05) is 11.6 Å². The van der Waals surface area contributed by atoms with Crippen molar-refractivity contribution in [1.29, 1.82) is 0 Å². The highest BCUT2D eigenvalue weighted by Gasteiger charge is 2.28. The number of hydrogen-bond donors (Lipinski definition) is 2. The summed E-state index contributed by atoms with van der Waals surface area (Å²) in [5, 5.41) is 2.72. The van der Waals surface area contributed by atoms with Crippen molar-refractivity contribution in [3.63, 3.8) is 0 Å². The van der Waals surface area contributed by atoms with Gasteiger partial charge in [-0.3, -0.25) is 4.21 Å². The molecule has 1 aromatic rings. The SMILES string of the molecule is Nc1ncc2c(n1)N[C@@H](Cl)[S@@]2=O. The van der Waals surface area contributed by atoms with Crippen LogP contribution in [-0.2, 0) is 10.8 Å². The highest BCUT2D eigenvalue weighted by molar-refractivity contribution is 7.87. The molecule has 64 valence electrons. The van der Waals surface area contributed by atoms with Gasteiger partial charge in [0.1, 0.15) is 10.7 Å². The van der Waals surface area contributed by atoms with E-state index in [2.05, 4.69) is 15.3 Å². The van der Waals surface area contributed by atoms with Gasteiger partial charge in [0, 0.05) is 0 Å². The maximum atomic E-state index is 11.3. The molecule has 0 fully saturated rings. The molecule has 2 heterocycles. The normalized spacial score (nSPS) is 26.4. The van der Waals surface area contributed by atoms with Crippen molar-refractivity contribution in [2.24, 2.45) is 0 Å². The maximum absolute atomic E-state index is 11.3. The number of nitrogens with one attached hydrogen (secondary N) is 1. The Balaban J connectivity index is 2.54. The fourth-order valence-corrected chi connectivity index (χ4v) is 2.19. The second-order valence-electron chi connectivity index (χ2n) is 2.20. The number of aromatic nitrogens is 2. The Morgan fingerprint density at radius 1 is 1.75 bits per heavy atom. The largest absolute Gasteiger partial charge is 0.368 e. The molecular formula is C5H5ClN4OS. The molecule has 0 saturated carbocycles. The summed E-state index contributed by atoms with van der Waals surface area (Å²) >= 11 is 5.66. The molecule has 1 aliphatic heterocycles. The lowest BCUT2D eigenvalue weighted by Gasteiger charge is -1.96. The van der Waals surface area contributed by atoms with Gasteiger partial charge in [0.05, 0.1) is 17.0 Å². The second-order valence-corrected chi connectivity index (χ2v) is 4.40. The predicted molar refractivity (Wildman–Crippen MR) is 46.1 cm³/mol. The summed E-state index contributed by atoms with van der Waals surface area (Å²) in [6, 6.07) is 0. The molecule has 0 aliphatic carbocycles. The summed E-state index contributed by atoms with van der Waals surface area (Å²) in [5.41, 5.74) is 5.32. The minimum absolute atomic E-state index is 0.143. The Labute approximate surface area is 75.8 Å². The molecule has 0 radical (unpaired) electrons. The van der Waals surface area contributed by atoms with Crippen molar-refractivity contribution >= 4 is 34.2 Å². The topological polar surface area (TPSA) is 80.9 Å². The number of nitrogens with two attached hydrogens (primary N) is 1. The number of anilines is 2. The van der Waals surface area contributed by atoms with Crippen LogP contribution in [0, 0.1) is 0 Å². The van der Waals surface area contributed by atoms with Crippen LogP contribution in [0.4, 0.5) is 11.8 Å². The Morgan fingerprint density at radius 2 is 2.50 bits per heavy atom. The molecule has 0 unspecified atom stereocenters. The zero-order valence-electron chi connectivity index (χ0n) is 5.82. The summed E-state index contributed by atoms with van der Waals surface area (Å²) in [7, 11) is -1.28. The molecule has 5 nitrogen and oxygen atoms in total. The molecule has 1 aromatic heterocycles. The van der Waals surface area contributed by atoms with Crippen molar-refractivity contribution in [3.05, 3.63) is 6.20 Å². The Hall–Kier alpha value is -0.880. The summed E-state index contributed by atoms with van der Waals surface area (Å²) in [6.07, 6.45) is 1.42. The van der Waals surface area contributed by atoms with Crippen molar-refractivity contribution in [2.75, 3.05) is 11.1 Å². The van der Waals surface area contributed by atoms with Crippen LogP contribution in [-0.4, -0.2) is 19.0 Å². The minimum Gasteiger partial charge on any atom is -0.368 e. The van der Waals surface area contributed by atoms with Crippen LogP contribution >= 0.6 is 11.6 Å². The van der Waals surface area contributed by atoms with Crippen LogP contribution in [0.5, 0.6) is 0 Å². The maximum Gasteiger partial charge on any atom is 0.222 e. The van der Waals surface area contributed by atoms with Crippen LogP contribution in [0.3, 0.4) is 0 Å². The molecule has 3 N–H and O–H groups in total. The molecular weight excluding hydrogens is 200 g/mol. The third-order valence-electron chi connectivity index (χ3n) is 1.43. The average Bonchev–Trinajstić information content (AvgIpc) is 2.28. The average molecular weight is 205 g/mol. The number of nitrogen functional groups attached to an aromatic ring is 1. The number of fused-ring (bicyclic) bond motifs is 1. The van der Waals surface area contributed by atoms with E-state index in [1.165, 1.54) is 6.20 Å². The molecule has 7 heteroatoms. The molecule has 2 atom stereocenters. The van der Waals surface area contributed by atoms with E-state index in [1.807, 2.05) is 0 Å². The monoisotopic (exact) mass is 204 g/mol. The van der Waals surface area contributed by atoms with Gasteiger partial charge in [-0.05, 0) is 0 Å². The third kappa shape index (κ3) is 1.03. The number of alkyl halides is 1. The highest BCUT2D eigenvalue weighted by Crippen LogP contribution is 2.29. The molecule has 12 heavy (non-hydrogen) atoms. The summed E-state index contributed by atoms with van der Waals surface area (Å²) in [5.74, 6) is 0.602. The molecule has 0 spiro atoms. The van der Waals surface area contributed by atoms with E-state index in [-0.39, 0.29) is 5.95 Å². The van der Waals surface area contributed by atoms with Crippen molar-refractivity contribution < 1.29 is 4.21 Å². The second kappa shape index (κ2) is 2.56. The quantitative estimate of drug-likeness (QED) is 0.463. The van der Waals surface area contributed by atoms with Crippen LogP contribution in [0.2, 0.25) is 0 Å². The summed E-state index contributed by atoms with van der Waals surface area (Å²) in [4.78, 5) is 7.42. The highest BCUT2D eigenvalue weighted by atomic mass is 35.5. The van der Waals surface area contributed by atoms with E-state index < -0.39 is 15.6 Å². The predicted octanol–water partition coefficient (Wildman–Crippen LogP) is 0.114. The van der Waals surface area contributed by atoms with Gasteiger partial charge < -0.3 is 11.1 Å². The molecule has 0 amide bonds. The van der Waals surface area contributed by atoms with Crippen LogP contribution in [0.15, 0.2) is 11.1 Å². The standard InChI is InChI=1S/C5H5ClN4OS/c6-4-9-3-2(12(4)11)1-8-5(7)10-3/h1,4H,(H3,7,8,9,10)/t4-,12-/m1/s1. The van der Waals surface area contributed by atoms with Crippen LogP contribution in [0.1, 0.15) is 0 Å². The van der Waals surface area contributed by atoms with Crippen molar-refractivity contribution in [1.82, 2.24) is 9.97 Å². The van der Waals surface area contributed by atoms with Gasteiger partial charge in [0.25, 0.3) is 0 Å². The molecule has 2 rings (SSSR count). The Bertz CT molecular complexity index is 357. The van der Waals surface area contributed by atoms with E-state index in [9.17, 15) is 4.21 Å². The number of nitrogens with zero attached hydrogens (tertiary/aromatic N) is 2. The number of halogens is 1. The lowest BCUT2D eigenvalue weighted by atomic mass is 10.6. The first kappa shape index (κ1) is 7.75. The Kier molecular flexibility index (Phi) is 1.66. The van der Waals surface area contributed by atoms with Gasteiger partial charge in [0.15, 0.2) is 4.83 Å². The first-order valence-electron chi connectivity index (χ1n) is 3.12. The van der Waals surface area contributed by atoms with E-state index in [0.717, 1.165) is 0 Å². The van der Waals surface area contributed by atoms with Gasteiger partial charge in [-0.25, -0.2) is 4.98 Å².